The number of unbranched alkanes of at least 4 members (excludes halogenated alkanes) is 2. The molecule has 0 spiro atoms. The fourth-order valence-electron chi connectivity index (χ4n) is 2.05. The van der Waals surface area contributed by atoms with E-state index in [0.29, 0.717) is 6.61 Å². The summed E-state index contributed by atoms with van der Waals surface area (Å²) in [4.78, 5) is 0. The van der Waals surface area contributed by atoms with Gasteiger partial charge in [-0.25, -0.2) is 0 Å². The van der Waals surface area contributed by atoms with Gasteiger partial charge >= 0.3 is 0 Å². The Kier molecular flexibility index (Phi) is 9.12. The zero-order valence-corrected chi connectivity index (χ0v) is 10.9. The highest BCUT2D eigenvalue weighted by atomic mass is 16.2. The summed E-state index contributed by atoms with van der Waals surface area (Å²) >= 11 is 0. The molecule has 0 rings (SSSR count). The third-order valence-electron chi connectivity index (χ3n) is 3.10. The molecule has 0 atom stereocenters. The van der Waals surface area contributed by atoms with Gasteiger partial charge in [0.1, 0.15) is 0 Å². The molecule has 0 fully saturated rings. The highest BCUT2D eigenvalue weighted by molar-refractivity contribution is 4.69. The van der Waals surface area contributed by atoms with Gasteiger partial charge in [0, 0.05) is 6.61 Å². The van der Waals surface area contributed by atoms with E-state index in [-0.39, 0.29) is 0 Å². The number of aliphatic hydroxyl groups excluding tert-OH is 1. The van der Waals surface area contributed by atoms with Crippen molar-refractivity contribution in [2.75, 3.05) is 19.7 Å². The molecule has 0 unspecified atom stereocenters. The van der Waals surface area contributed by atoms with Gasteiger partial charge in [-0.15, -0.1) is 0 Å². The normalized spacial score (nSPS) is 12.0. The van der Waals surface area contributed by atoms with E-state index >= 15 is 0 Å². The van der Waals surface area contributed by atoms with Crippen LogP contribution < -0.4 is 5.32 Å². The lowest BCUT2D eigenvalue weighted by Gasteiger charge is -2.25. The van der Waals surface area contributed by atoms with Crippen molar-refractivity contribution in [3.8, 4) is 0 Å². The topological polar surface area (TPSA) is 32.3 Å². The minimum absolute atomic E-state index is 0.334. The Morgan fingerprint density at radius 2 is 1.53 bits per heavy atom. The summed E-state index contributed by atoms with van der Waals surface area (Å²) in [6.07, 6.45) is 3.26. The fourth-order valence-corrected chi connectivity index (χ4v) is 2.05. The SMILES string of the molecule is CC(C)C(CNCCCCCO)C(C)C. The molecule has 0 bridgehead atoms. The van der Waals surface area contributed by atoms with E-state index < -0.39 is 0 Å². The summed E-state index contributed by atoms with van der Waals surface area (Å²) in [5.74, 6) is 2.30. The minimum atomic E-state index is 0.334. The minimum Gasteiger partial charge on any atom is -0.396 e. The molecule has 15 heavy (non-hydrogen) atoms. The van der Waals surface area contributed by atoms with Crippen LogP contribution >= 0.6 is 0 Å². The summed E-state index contributed by atoms with van der Waals surface area (Å²) < 4.78 is 0. The van der Waals surface area contributed by atoms with E-state index in [0.717, 1.165) is 43.7 Å². The summed E-state index contributed by atoms with van der Waals surface area (Å²) in [6.45, 7) is 11.8. The first-order chi connectivity index (χ1) is 7.09. The van der Waals surface area contributed by atoms with Gasteiger partial charge in [0.05, 0.1) is 0 Å². The Morgan fingerprint density at radius 3 is 2.00 bits per heavy atom. The van der Waals surface area contributed by atoms with Gasteiger partial charge in [-0.1, -0.05) is 27.7 Å². The van der Waals surface area contributed by atoms with Crippen molar-refractivity contribution in [1.29, 1.82) is 0 Å². The summed E-state index contributed by atoms with van der Waals surface area (Å²) in [6, 6.07) is 0. The van der Waals surface area contributed by atoms with E-state index in [1.165, 1.54) is 6.42 Å². The maximum absolute atomic E-state index is 8.64. The van der Waals surface area contributed by atoms with Crippen LogP contribution in [0.4, 0.5) is 0 Å². The molecular weight excluding hydrogens is 186 g/mol. The van der Waals surface area contributed by atoms with Gasteiger partial charge < -0.3 is 10.4 Å². The second-order valence-electron chi connectivity index (χ2n) is 5.14. The third-order valence-corrected chi connectivity index (χ3v) is 3.10. The summed E-state index contributed by atoms with van der Waals surface area (Å²) in [5, 5.41) is 12.2. The van der Waals surface area contributed by atoms with Crippen LogP contribution in [-0.4, -0.2) is 24.8 Å². The van der Waals surface area contributed by atoms with Crippen molar-refractivity contribution in [3.63, 3.8) is 0 Å². The number of nitrogens with one attached hydrogen (secondary N) is 1. The van der Waals surface area contributed by atoms with Gasteiger partial charge in [-0.3, -0.25) is 0 Å². The second-order valence-corrected chi connectivity index (χ2v) is 5.14. The zero-order chi connectivity index (χ0) is 11.7. The molecule has 0 radical (unpaired) electrons. The molecule has 0 aliphatic carbocycles. The Morgan fingerprint density at radius 1 is 0.933 bits per heavy atom. The monoisotopic (exact) mass is 215 g/mol. The largest absolute Gasteiger partial charge is 0.396 e. The predicted molar refractivity (Wildman–Crippen MR) is 67.0 cm³/mol. The molecule has 92 valence electrons. The molecule has 0 saturated carbocycles. The molecule has 0 saturated heterocycles. The Hall–Kier alpha value is -0.0800. The second kappa shape index (κ2) is 9.17. The van der Waals surface area contributed by atoms with Crippen molar-refractivity contribution in [3.05, 3.63) is 0 Å². The van der Waals surface area contributed by atoms with Gasteiger partial charge in [0.25, 0.3) is 0 Å². The first-order valence-corrected chi connectivity index (χ1v) is 6.41. The standard InChI is InChI=1S/C13H29NO/c1-11(2)13(12(3)4)10-14-8-6-5-7-9-15/h11-15H,5-10H2,1-4H3. The van der Waals surface area contributed by atoms with E-state index in [4.69, 9.17) is 5.11 Å². The Bertz CT molecular complexity index is 126. The van der Waals surface area contributed by atoms with Gasteiger partial charge in [-0.2, -0.15) is 0 Å². The Balaban J connectivity index is 3.46. The number of aliphatic hydroxyl groups is 1. The van der Waals surface area contributed by atoms with Crippen LogP contribution in [0.15, 0.2) is 0 Å². The predicted octanol–water partition coefficient (Wildman–Crippen LogP) is 2.67. The molecule has 0 aromatic rings. The smallest absolute Gasteiger partial charge is 0.0431 e. The van der Waals surface area contributed by atoms with Crippen LogP contribution in [0.5, 0.6) is 0 Å². The zero-order valence-electron chi connectivity index (χ0n) is 10.9. The van der Waals surface area contributed by atoms with E-state index in [1.807, 2.05) is 0 Å². The lowest BCUT2D eigenvalue weighted by molar-refractivity contribution is 0.271. The van der Waals surface area contributed by atoms with Crippen LogP contribution in [0.2, 0.25) is 0 Å². The van der Waals surface area contributed by atoms with Gasteiger partial charge in [0.15, 0.2) is 0 Å². The van der Waals surface area contributed by atoms with E-state index in [2.05, 4.69) is 33.0 Å². The molecule has 0 aliphatic heterocycles. The first-order valence-electron chi connectivity index (χ1n) is 6.41. The first kappa shape index (κ1) is 14.9. The molecule has 2 heteroatoms. The van der Waals surface area contributed by atoms with Gasteiger partial charge in [-0.05, 0) is 50.1 Å². The number of hydrogen-bond donors (Lipinski definition) is 2. The Labute approximate surface area is 95.5 Å². The highest BCUT2D eigenvalue weighted by Gasteiger charge is 2.16. The average molecular weight is 215 g/mol. The van der Waals surface area contributed by atoms with Crippen molar-refractivity contribution in [2.45, 2.75) is 47.0 Å². The van der Waals surface area contributed by atoms with Crippen molar-refractivity contribution >= 4 is 0 Å². The number of hydrogen-bond acceptors (Lipinski definition) is 2. The van der Waals surface area contributed by atoms with Crippen LogP contribution in [0.25, 0.3) is 0 Å². The molecule has 0 heterocycles. The molecule has 2 N–H and O–H groups in total. The summed E-state index contributed by atoms with van der Waals surface area (Å²) in [5.41, 5.74) is 0. The van der Waals surface area contributed by atoms with Crippen molar-refractivity contribution in [1.82, 2.24) is 5.32 Å². The maximum atomic E-state index is 8.64. The van der Waals surface area contributed by atoms with Crippen LogP contribution in [-0.2, 0) is 0 Å². The maximum Gasteiger partial charge on any atom is 0.0431 e. The molecule has 0 aromatic heterocycles. The van der Waals surface area contributed by atoms with Crippen LogP contribution in [0, 0.1) is 17.8 Å². The lowest BCUT2D eigenvalue weighted by Crippen LogP contribution is -2.30. The van der Waals surface area contributed by atoms with Crippen LogP contribution in [0.3, 0.4) is 0 Å². The average Bonchev–Trinajstić information content (AvgIpc) is 2.15. The van der Waals surface area contributed by atoms with Crippen molar-refractivity contribution in [2.24, 2.45) is 17.8 Å². The highest BCUT2D eigenvalue weighted by Crippen LogP contribution is 2.19. The van der Waals surface area contributed by atoms with E-state index in [1.54, 1.807) is 0 Å². The third kappa shape index (κ3) is 7.80. The lowest BCUT2D eigenvalue weighted by atomic mass is 9.85. The molecule has 2 nitrogen and oxygen atoms in total. The quantitative estimate of drug-likeness (QED) is 0.580. The van der Waals surface area contributed by atoms with Crippen LogP contribution in [0.1, 0.15) is 47.0 Å². The molecule has 0 aromatic carbocycles. The number of rotatable bonds is 9. The fraction of sp³-hybridized carbons (Fsp3) is 1.00. The van der Waals surface area contributed by atoms with E-state index in [9.17, 15) is 0 Å². The molecule has 0 aliphatic rings. The van der Waals surface area contributed by atoms with Gasteiger partial charge in [0.2, 0.25) is 0 Å². The summed E-state index contributed by atoms with van der Waals surface area (Å²) in [7, 11) is 0. The molecular formula is C13H29NO. The van der Waals surface area contributed by atoms with Crippen molar-refractivity contribution < 1.29 is 5.11 Å². The molecule has 0 amide bonds.